The van der Waals surface area contributed by atoms with Crippen LogP contribution in [0.4, 0.5) is 0 Å². The highest BCUT2D eigenvalue weighted by Crippen LogP contribution is 2.40. The van der Waals surface area contributed by atoms with Gasteiger partial charge in [0.1, 0.15) is 17.4 Å². The lowest BCUT2D eigenvalue weighted by Gasteiger charge is -2.29. The maximum atomic E-state index is 12.3. The Hall–Kier alpha value is -4.35. The van der Waals surface area contributed by atoms with E-state index in [4.69, 9.17) is 27.9 Å². The van der Waals surface area contributed by atoms with Crippen LogP contribution in [0.15, 0.2) is 54.3 Å². The first-order valence-electron chi connectivity index (χ1n) is 16.0. The van der Waals surface area contributed by atoms with Crippen molar-refractivity contribution >= 4 is 46.3 Å². The van der Waals surface area contributed by atoms with Crippen molar-refractivity contribution in [2.24, 2.45) is 24.9 Å². The third kappa shape index (κ3) is 9.21. The lowest BCUT2D eigenvalue weighted by Crippen LogP contribution is -2.27. The summed E-state index contributed by atoms with van der Waals surface area (Å²) in [4.78, 5) is 45.5. The average molecular weight is 710 g/mol. The highest BCUT2D eigenvalue weighted by atomic mass is 35.5. The Morgan fingerprint density at radius 3 is 2.00 bits per heavy atom. The monoisotopic (exact) mass is 708 g/mol. The van der Waals surface area contributed by atoms with E-state index in [0.29, 0.717) is 59.2 Å². The molecule has 1 N–H and O–H groups in total. The number of hydrogen-bond donors (Lipinski definition) is 1. The van der Waals surface area contributed by atoms with Gasteiger partial charge in [-0.05, 0) is 82.1 Å². The number of allylic oxidation sites excluding steroid dienone is 2. The molecule has 49 heavy (non-hydrogen) atoms. The fourth-order valence-electron chi connectivity index (χ4n) is 5.13. The van der Waals surface area contributed by atoms with Gasteiger partial charge >= 0.3 is 5.97 Å². The smallest absolute Gasteiger partial charge is 0.311 e. The van der Waals surface area contributed by atoms with Crippen molar-refractivity contribution in [2.75, 3.05) is 6.61 Å². The van der Waals surface area contributed by atoms with E-state index in [0.717, 1.165) is 11.1 Å². The molecule has 0 spiro atoms. The molecule has 0 atom stereocenters. The number of aliphatic hydroxyl groups excluding tert-OH is 1. The zero-order chi connectivity index (χ0) is 36.1. The summed E-state index contributed by atoms with van der Waals surface area (Å²) >= 11 is 11.8. The van der Waals surface area contributed by atoms with Crippen LogP contribution in [-0.2, 0) is 39.6 Å². The molecule has 0 bridgehead atoms. The number of aliphatic hydroxyl groups is 1. The molecule has 2 heterocycles. The van der Waals surface area contributed by atoms with E-state index in [1.165, 1.54) is 4.68 Å². The lowest BCUT2D eigenvalue weighted by atomic mass is 9.77. The van der Waals surface area contributed by atoms with Crippen LogP contribution in [0, 0.1) is 10.8 Å². The van der Waals surface area contributed by atoms with Crippen molar-refractivity contribution in [2.45, 2.75) is 66.7 Å². The van der Waals surface area contributed by atoms with Gasteiger partial charge in [-0.15, -0.1) is 0 Å². The van der Waals surface area contributed by atoms with Crippen LogP contribution >= 0.6 is 23.2 Å². The van der Waals surface area contributed by atoms with E-state index in [1.807, 2.05) is 38.1 Å². The molecule has 1 aliphatic carbocycles. The Labute approximate surface area is 296 Å². The van der Waals surface area contributed by atoms with Gasteiger partial charge < -0.3 is 9.84 Å². The molecule has 0 unspecified atom stereocenters. The van der Waals surface area contributed by atoms with Gasteiger partial charge in [-0.2, -0.15) is 10.2 Å². The molecular weight excluding hydrogens is 667 g/mol. The van der Waals surface area contributed by atoms with Gasteiger partial charge in [-0.25, -0.2) is 14.6 Å². The van der Waals surface area contributed by atoms with Crippen molar-refractivity contribution in [1.29, 1.82) is 0 Å². The maximum Gasteiger partial charge on any atom is 0.311 e. The first-order chi connectivity index (χ1) is 23.0. The van der Waals surface area contributed by atoms with E-state index in [1.54, 1.807) is 63.8 Å². The Morgan fingerprint density at radius 1 is 0.918 bits per heavy atom. The van der Waals surface area contributed by atoms with Gasteiger partial charge in [0.05, 0.1) is 24.0 Å². The quantitative estimate of drug-likeness (QED) is 0.167. The number of ketones is 2. The summed E-state index contributed by atoms with van der Waals surface area (Å²) < 4.78 is 8.20. The van der Waals surface area contributed by atoms with E-state index < -0.39 is 10.8 Å². The molecule has 2 aromatic carbocycles. The second-order valence-corrected chi connectivity index (χ2v) is 14.1. The highest BCUT2D eigenvalue weighted by molar-refractivity contribution is 6.31. The van der Waals surface area contributed by atoms with Crippen LogP contribution in [0.1, 0.15) is 72.0 Å². The Balaban J connectivity index is 0.000000222. The van der Waals surface area contributed by atoms with E-state index in [9.17, 15) is 19.5 Å². The first-order valence-corrected chi connectivity index (χ1v) is 16.8. The van der Waals surface area contributed by atoms with E-state index in [2.05, 4.69) is 20.2 Å². The van der Waals surface area contributed by atoms with Gasteiger partial charge in [-0.3, -0.25) is 19.1 Å². The number of hydrogen-bond acceptors (Lipinski definition) is 9. The van der Waals surface area contributed by atoms with E-state index >= 15 is 0 Å². The number of Topliss-reactive ketones (excluding diaryl/α,β-unsaturated/α-hetero) is 2. The molecule has 0 aliphatic heterocycles. The van der Waals surface area contributed by atoms with Crippen molar-refractivity contribution < 1.29 is 24.2 Å². The summed E-state index contributed by atoms with van der Waals surface area (Å²) in [5, 5.41) is 20.5. The van der Waals surface area contributed by atoms with Crippen molar-refractivity contribution in [3.05, 3.63) is 76.0 Å². The Bertz CT molecular complexity index is 1860. The molecule has 2 aromatic heterocycles. The normalized spacial score (nSPS) is 14.3. The maximum absolute atomic E-state index is 12.3. The molecule has 0 radical (unpaired) electrons. The number of ether oxygens (including phenoxy) is 1. The topological polar surface area (TPSA) is 142 Å². The second kappa shape index (κ2) is 15.5. The first kappa shape index (κ1) is 37.5. The van der Waals surface area contributed by atoms with Crippen molar-refractivity contribution in [3.63, 3.8) is 0 Å². The standard InChI is InChI=1S/C19H24ClN3O3.C17H18ClN3O2/c1-5-26-18(25)19(2,3)11-10-15(24)12-16-21-17(22-23(16)4)13-6-8-14(20)9-7-13;1-17(2)9-8-12(22)13(14(17)23)16-19-15(20-21(16)3)10-4-6-11(18)7-5-10/h6-9H,5,10-12H2,1-4H3;4-7,23H,8-9H2,1-3H3. The van der Waals surface area contributed by atoms with Gasteiger partial charge in [0.15, 0.2) is 23.3 Å². The minimum absolute atomic E-state index is 0.0144. The number of aromatic nitrogens is 6. The summed E-state index contributed by atoms with van der Waals surface area (Å²) in [6.45, 7) is 9.53. The Kier molecular flexibility index (Phi) is 11.8. The summed E-state index contributed by atoms with van der Waals surface area (Å²) in [5.74, 6) is 1.76. The lowest BCUT2D eigenvalue weighted by molar-refractivity contribution is -0.153. The number of esters is 1. The number of halogens is 2. The van der Waals surface area contributed by atoms with Crippen LogP contribution in [0.2, 0.25) is 10.0 Å². The average Bonchev–Trinajstić information content (AvgIpc) is 3.61. The number of carbonyl (C=O) groups excluding carboxylic acids is 3. The SMILES string of the molecule is CCOC(=O)C(C)(C)CCC(=O)Cc1nc(-c2ccc(Cl)cc2)nn1C.Cn1nc(-c2ccc(Cl)cc2)nc1C1=C(O)C(C)(C)CCC1=O. The van der Waals surface area contributed by atoms with Crippen molar-refractivity contribution in [1.82, 2.24) is 29.5 Å². The zero-order valence-electron chi connectivity index (χ0n) is 28.9. The minimum atomic E-state index is -0.681. The summed E-state index contributed by atoms with van der Waals surface area (Å²) in [7, 11) is 3.48. The van der Waals surface area contributed by atoms with Crippen LogP contribution in [0.3, 0.4) is 0 Å². The summed E-state index contributed by atoms with van der Waals surface area (Å²) in [6, 6.07) is 14.4. The number of nitrogens with zero attached hydrogens (tertiary/aromatic N) is 6. The van der Waals surface area contributed by atoms with Crippen LogP contribution in [0.25, 0.3) is 28.3 Å². The number of carbonyl (C=O) groups is 3. The van der Waals surface area contributed by atoms with Crippen molar-refractivity contribution in [3.8, 4) is 22.8 Å². The van der Waals surface area contributed by atoms with Crippen LogP contribution in [-0.4, -0.2) is 58.8 Å². The molecule has 0 saturated heterocycles. The molecule has 0 fully saturated rings. The molecule has 5 rings (SSSR count). The predicted octanol–water partition coefficient (Wildman–Crippen LogP) is 7.41. The van der Waals surface area contributed by atoms with Crippen LogP contribution in [0.5, 0.6) is 0 Å². The van der Waals surface area contributed by atoms with Gasteiger partial charge in [-0.1, -0.05) is 37.0 Å². The van der Waals surface area contributed by atoms with Gasteiger partial charge in [0.2, 0.25) is 0 Å². The predicted molar refractivity (Wildman–Crippen MR) is 189 cm³/mol. The molecule has 13 heteroatoms. The molecule has 4 aromatic rings. The molecular formula is C36H42Cl2N6O5. The largest absolute Gasteiger partial charge is 0.511 e. The molecule has 11 nitrogen and oxygen atoms in total. The number of benzene rings is 2. The summed E-state index contributed by atoms with van der Waals surface area (Å²) in [5.41, 5.74) is 0.804. The molecule has 0 saturated carbocycles. The van der Waals surface area contributed by atoms with Crippen LogP contribution < -0.4 is 0 Å². The number of rotatable bonds is 10. The third-order valence-corrected chi connectivity index (χ3v) is 8.89. The fourth-order valence-corrected chi connectivity index (χ4v) is 5.38. The third-order valence-electron chi connectivity index (χ3n) is 8.39. The summed E-state index contributed by atoms with van der Waals surface area (Å²) in [6.07, 6.45) is 1.93. The van der Waals surface area contributed by atoms with Gasteiger partial charge in [0, 0.05) is 53.5 Å². The minimum Gasteiger partial charge on any atom is -0.511 e. The second-order valence-electron chi connectivity index (χ2n) is 13.2. The molecule has 0 amide bonds. The Morgan fingerprint density at radius 2 is 1.45 bits per heavy atom. The molecule has 260 valence electrons. The van der Waals surface area contributed by atoms with E-state index in [-0.39, 0.29) is 41.7 Å². The highest BCUT2D eigenvalue weighted by Gasteiger charge is 2.37. The fraction of sp³-hybridized carbons (Fsp3) is 0.417. The zero-order valence-corrected chi connectivity index (χ0v) is 30.4. The van der Waals surface area contributed by atoms with Gasteiger partial charge in [0.25, 0.3) is 0 Å². The molecule has 1 aliphatic rings. The number of aryl methyl sites for hydroxylation is 2.